The van der Waals surface area contributed by atoms with Gasteiger partial charge in [0.15, 0.2) is 0 Å². The molecule has 2 fully saturated rings. The maximum Gasteiger partial charge on any atom is 0.245 e. The second-order valence-electron chi connectivity index (χ2n) is 10.0. The van der Waals surface area contributed by atoms with Gasteiger partial charge in [-0.15, -0.1) is 0 Å². The SMILES string of the molecule is C=CC(=O)N1CC2(CCN(c3nc4c(c(-c5c(C)ccc6cnn(C)c56)n3)CCCC4)C2)C1. The standard InChI is InChI=1S/C26H30N6O/c1-4-21(33)32-15-26(16-32)11-12-31(14-26)25-28-20-8-6-5-7-19(20)23(29-25)22-17(2)9-10-18-13-27-30(3)24(18)22/h4,9-10,13H,1,5-8,11-12,14-16H2,2-3H3. The molecule has 2 saturated heterocycles. The Morgan fingerprint density at radius 1 is 1.15 bits per heavy atom. The van der Waals surface area contributed by atoms with Crippen molar-refractivity contribution in [2.24, 2.45) is 12.5 Å². The van der Waals surface area contributed by atoms with Crippen LogP contribution in [-0.4, -0.2) is 56.7 Å². The lowest BCUT2D eigenvalue weighted by molar-refractivity contribution is -0.136. The van der Waals surface area contributed by atoms with Gasteiger partial charge in [-0.2, -0.15) is 5.10 Å². The van der Waals surface area contributed by atoms with Crippen LogP contribution in [-0.2, 0) is 24.7 Å². The van der Waals surface area contributed by atoms with Crippen molar-refractivity contribution in [1.29, 1.82) is 0 Å². The van der Waals surface area contributed by atoms with Gasteiger partial charge in [-0.1, -0.05) is 18.7 Å². The van der Waals surface area contributed by atoms with Crippen LogP contribution in [0.5, 0.6) is 0 Å². The monoisotopic (exact) mass is 442 g/mol. The summed E-state index contributed by atoms with van der Waals surface area (Å²) in [5, 5.41) is 5.67. The van der Waals surface area contributed by atoms with Gasteiger partial charge in [0.05, 0.1) is 17.4 Å². The molecule has 0 unspecified atom stereocenters. The molecule has 7 nitrogen and oxygen atoms in total. The van der Waals surface area contributed by atoms with Crippen molar-refractivity contribution in [3.8, 4) is 11.3 Å². The van der Waals surface area contributed by atoms with Crippen molar-refractivity contribution in [3.63, 3.8) is 0 Å². The number of rotatable bonds is 3. The second-order valence-corrected chi connectivity index (χ2v) is 10.0. The van der Waals surface area contributed by atoms with Gasteiger partial charge >= 0.3 is 0 Å². The van der Waals surface area contributed by atoms with Crippen molar-refractivity contribution in [2.45, 2.75) is 39.0 Å². The fraction of sp³-hybridized carbons (Fsp3) is 0.462. The highest BCUT2D eigenvalue weighted by Crippen LogP contribution is 2.42. The summed E-state index contributed by atoms with van der Waals surface area (Å²) in [4.78, 5) is 26.5. The summed E-state index contributed by atoms with van der Waals surface area (Å²) in [6.07, 6.45) is 8.83. The molecule has 0 radical (unpaired) electrons. The van der Waals surface area contributed by atoms with E-state index in [4.69, 9.17) is 9.97 Å². The summed E-state index contributed by atoms with van der Waals surface area (Å²) >= 11 is 0. The predicted octanol–water partition coefficient (Wildman–Crippen LogP) is 3.44. The Morgan fingerprint density at radius 2 is 1.97 bits per heavy atom. The topological polar surface area (TPSA) is 67.2 Å². The second kappa shape index (κ2) is 7.40. The molecule has 6 rings (SSSR count). The third-order valence-electron chi connectivity index (χ3n) is 7.78. The Hall–Kier alpha value is -3.22. The number of amides is 1. The van der Waals surface area contributed by atoms with Gasteiger partial charge < -0.3 is 9.80 Å². The van der Waals surface area contributed by atoms with E-state index >= 15 is 0 Å². The van der Waals surface area contributed by atoms with Gasteiger partial charge in [0.1, 0.15) is 0 Å². The smallest absolute Gasteiger partial charge is 0.245 e. The van der Waals surface area contributed by atoms with Crippen LogP contribution >= 0.6 is 0 Å². The first-order chi connectivity index (χ1) is 16.0. The molecule has 170 valence electrons. The highest BCUT2D eigenvalue weighted by molar-refractivity contribution is 5.95. The minimum atomic E-state index is 0.0335. The molecule has 0 bridgehead atoms. The molecule has 3 aliphatic rings. The minimum absolute atomic E-state index is 0.0335. The number of hydrogen-bond donors (Lipinski definition) is 0. The fourth-order valence-electron chi connectivity index (χ4n) is 6.01. The number of carbonyl (C=O) groups is 1. The molecule has 3 aromatic rings. The van der Waals surface area contributed by atoms with Crippen LogP contribution < -0.4 is 4.90 Å². The summed E-state index contributed by atoms with van der Waals surface area (Å²) in [5.74, 6) is 0.876. The maximum absolute atomic E-state index is 12.0. The Balaban J connectivity index is 1.41. The number of aromatic nitrogens is 4. The number of aryl methyl sites for hydroxylation is 3. The summed E-state index contributed by atoms with van der Waals surface area (Å²) in [6.45, 7) is 9.24. The first-order valence-corrected chi connectivity index (χ1v) is 12.0. The van der Waals surface area contributed by atoms with E-state index in [1.165, 1.54) is 41.3 Å². The Kier molecular flexibility index (Phi) is 4.57. The van der Waals surface area contributed by atoms with Crippen LogP contribution in [0.25, 0.3) is 22.2 Å². The van der Waals surface area contributed by atoms with E-state index in [0.717, 1.165) is 68.0 Å². The van der Waals surface area contributed by atoms with Crippen molar-refractivity contribution >= 4 is 22.8 Å². The molecule has 2 aliphatic heterocycles. The zero-order valence-corrected chi connectivity index (χ0v) is 19.5. The molecule has 1 aliphatic carbocycles. The molecular weight excluding hydrogens is 412 g/mol. The van der Waals surface area contributed by atoms with Crippen LogP contribution in [0.3, 0.4) is 0 Å². The molecule has 1 spiro atoms. The van der Waals surface area contributed by atoms with E-state index in [-0.39, 0.29) is 11.3 Å². The first kappa shape index (κ1) is 20.4. The van der Waals surface area contributed by atoms with E-state index in [0.29, 0.717) is 0 Å². The molecule has 2 aromatic heterocycles. The average Bonchev–Trinajstić information content (AvgIpc) is 3.42. The van der Waals surface area contributed by atoms with Gasteiger partial charge in [0.25, 0.3) is 0 Å². The lowest BCUT2D eigenvalue weighted by atomic mass is 9.79. The zero-order valence-electron chi connectivity index (χ0n) is 19.5. The van der Waals surface area contributed by atoms with Gasteiger partial charge in [-0.05, 0) is 50.7 Å². The number of benzene rings is 1. The fourth-order valence-corrected chi connectivity index (χ4v) is 6.01. The van der Waals surface area contributed by atoms with Crippen molar-refractivity contribution in [1.82, 2.24) is 24.6 Å². The predicted molar refractivity (Wildman–Crippen MR) is 129 cm³/mol. The molecule has 0 atom stereocenters. The number of likely N-dealkylation sites (tertiary alicyclic amines) is 1. The van der Waals surface area contributed by atoms with Gasteiger partial charge in [-0.3, -0.25) is 9.48 Å². The van der Waals surface area contributed by atoms with E-state index in [1.807, 2.05) is 22.8 Å². The van der Waals surface area contributed by atoms with E-state index in [9.17, 15) is 4.79 Å². The lowest BCUT2D eigenvalue weighted by Gasteiger charge is -2.47. The normalized spacial score (nSPS) is 19.1. The molecule has 0 saturated carbocycles. The first-order valence-electron chi connectivity index (χ1n) is 12.0. The third-order valence-corrected chi connectivity index (χ3v) is 7.78. The van der Waals surface area contributed by atoms with Crippen molar-refractivity contribution in [3.05, 3.63) is 47.8 Å². The largest absolute Gasteiger partial charge is 0.340 e. The van der Waals surface area contributed by atoms with Gasteiger partial charge in [0, 0.05) is 60.8 Å². The van der Waals surface area contributed by atoms with Crippen LogP contribution in [0.1, 0.15) is 36.1 Å². The number of nitrogens with zero attached hydrogens (tertiary/aromatic N) is 6. The molecule has 1 amide bonds. The number of carbonyl (C=O) groups excluding carboxylic acids is 1. The summed E-state index contributed by atoms with van der Waals surface area (Å²) in [6, 6.07) is 4.33. The van der Waals surface area contributed by atoms with E-state index in [1.54, 1.807) is 0 Å². The molecular formula is C26H30N6O. The van der Waals surface area contributed by atoms with Crippen LogP contribution in [0.2, 0.25) is 0 Å². The lowest BCUT2D eigenvalue weighted by Crippen LogP contribution is -2.59. The molecule has 33 heavy (non-hydrogen) atoms. The van der Waals surface area contributed by atoms with E-state index in [2.05, 4.69) is 35.6 Å². The number of anilines is 1. The van der Waals surface area contributed by atoms with Gasteiger partial charge in [-0.25, -0.2) is 9.97 Å². The number of fused-ring (bicyclic) bond motifs is 2. The Labute approximate surface area is 194 Å². The zero-order chi connectivity index (χ0) is 22.7. The maximum atomic E-state index is 12.0. The van der Waals surface area contributed by atoms with Gasteiger partial charge in [0.2, 0.25) is 11.9 Å². The van der Waals surface area contributed by atoms with E-state index < -0.39 is 0 Å². The summed E-state index contributed by atoms with van der Waals surface area (Å²) < 4.78 is 1.97. The highest BCUT2D eigenvalue weighted by Gasteiger charge is 2.49. The molecule has 0 N–H and O–H groups in total. The molecule has 1 aromatic carbocycles. The van der Waals surface area contributed by atoms with Crippen molar-refractivity contribution < 1.29 is 4.79 Å². The summed E-state index contributed by atoms with van der Waals surface area (Å²) in [7, 11) is 2.01. The average molecular weight is 443 g/mol. The van der Waals surface area contributed by atoms with Crippen LogP contribution in [0.15, 0.2) is 31.0 Å². The van der Waals surface area contributed by atoms with Crippen LogP contribution in [0, 0.1) is 12.3 Å². The molecule has 4 heterocycles. The Bertz CT molecular complexity index is 1290. The molecule has 7 heteroatoms. The van der Waals surface area contributed by atoms with Crippen molar-refractivity contribution in [2.75, 3.05) is 31.1 Å². The Morgan fingerprint density at radius 3 is 2.79 bits per heavy atom. The minimum Gasteiger partial charge on any atom is -0.340 e. The quantitative estimate of drug-likeness (QED) is 0.582. The third kappa shape index (κ3) is 3.16. The van der Waals surface area contributed by atoms with Crippen LogP contribution in [0.4, 0.5) is 5.95 Å². The summed E-state index contributed by atoms with van der Waals surface area (Å²) in [5.41, 5.74) is 7.31. The number of hydrogen-bond acceptors (Lipinski definition) is 5. The highest BCUT2D eigenvalue weighted by atomic mass is 16.2.